The molecule has 0 aliphatic rings. The fraction of sp³-hybridized carbons (Fsp3) is 0.208. The summed E-state index contributed by atoms with van der Waals surface area (Å²) >= 11 is 0. The summed E-state index contributed by atoms with van der Waals surface area (Å²) in [6, 6.07) is 12.8. The molecule has 5 nitrogen and oxygen atoms in total. The summed E-state index contributed by atoms with van der Waals surface area (Å²) < 4.78 is 46.2. The molecule has 0 aliphatic carbocycles. The Balaban J connectivity index is 1.76. The number of aromatic nitrogens is 3. The summed E-state index contributed by atoms with van der Waals surface area (Å²) in [5, 5.41) is 3.78. The molecule has 1 N–H and O–H groups in total. The molecule has 4 rings (SSSR count). The van der Waals surface area contributed by atoms with Gasteiger partial charge in [0.2, 0.25) is 0 Å². The summed E-state index contributed by atoms with van der Waals surface area (Å²) in [7, 11) is 1.60. The highest BCUT2D eigenvalue weighted by Gasteiger charge is 2.20. The number of halogens is 3. The number of hydrogen-bond donors (Lipinski definition) is 1. The van der Waals surface area contributed by atoms with E-state index in [4.69, 9.17) is 4.74 Å². The van der Waals surface area contributed by atoms with Crippen molar-refractivity contribution < 1.29 is 17.9 Å². The average Bonchev–Trinajstić information content (AvgIpc) is 2.78. The fourth-order valence-corrected chi connectivity index (χ4v) is 3.55. The van der Waals surface area contributed by atoms with Crippen LogP contribution >= 0.6 is 0 Å². The lowest BCUT2D eigenvalue weighted by Gasteiger charge is -2.18. The number of alkyl halides is 2. The molecule has 0 saturated carbocycles. The van der Waals surface area contributed by atoms with Gasteiger partial charge in [0.15, 0.2) is 5.65 Å². The van der Waals surface area contributed by atoms with Crippen molar-refractivity contribution in [3.8, 4) is 16.9 Å². The van der Waals surface area contributed by atoms with Crippen LogP contribution in [0.5, 0.6) is 5.75 Å². The van der Waals surface area contributed by atoms with E-state index in [0.717, 1.165) is 17.2 Å². The highest BCUT2D eigenvalue weighted by atomic mass is 19.3. The Hall–Kier alpha value is -3.68. The zero-order valence-electron chi connectivity index (χ0n) is 17.7. The van der Waals surface area contributed by atoms with Gasteiger partial charge >= 0.3 is 0 Å². The standard InChI is InChI=1S/C24H21F3N4O/c1-13(18-8-5-9-19(21(18)25)22(26)27)29-24-20-11-16(12-28-23(20)30-14(2)31-24)15-6-4-7-17(10-15)32-3/h4-13,22H,1-3H3,(H,28,29,30,31)/t13-/m1/s1. The highest BCUT2D eigenvalue weighted by molar-refractivity contribution is 5.90. The number of ether oxygens (including phenoxy) is 1. The van der Waals surface area contributed by atoms with Crippen LogP contribution in [0.15, 0.2) is 54.7 Å². The molecular formula is C24H21F3N4O. The molecule has 164 valence electrons. The number of nitrogens with zero attached hydrogens (tertiary/aromatic N) is 3. The average molecular weight is 438 g/mol. The molecule has 0 aliphatic heterocycles. The van der Waals surface area contributed by atoms with Gasteiger partial charge in [-0.2, -0.15) is 0 Å². The van der Waals surface area contributed by atoms with Crippen molar-refractivity contribution in [2.24, 2.45) is 0 Å². The van der Waals surface area contributed by atoms with Crippen LogP contribution < -0.4 is 10.1 Å². The number of pyridine rings is 1. The largest absolute Gasteiger partial charge is 0.497 e. The van der Waals surface area contributed by atoms with E-state index < -0.39 is 23.8 Å². The number of hydrogen-bond acceptors (Lipinski definition) is 5. The van der Waals surface area contributed by atoms with Crippen LogP contribution in [-0.2, 0) is 0 Å². The topological polar surface area (TPSA) is 59.9 Å². The van der Waals surface area contributed by atoms with Crippen molar-refractivity contribution in [3.05, 3.63) is 77.5 Å². The van der Waals surface area contributed by atoms with Gasteiger partial charge < -0.3 is 10.1 Å². The quantitative estimate of drug-likeness (QED) is 0.385. The molecular weight excluding hydrogens is 417 g/mol. The minimum atomic E-state index is -2.89. The Morgan fingerprint density at radius 3 is 2.47 bits per heavy atom. The summed E-state index contributed by atoms with van der Waals surface area (Å²) in [6.45, 7) is 3.42. The predicted molar refractivity (Wildman–Crippen MR) is 117 cm³/mol. The van der Waals surface area contributed by atoms with Gasteiger partial charge in [0, 0.05) is 17.3 Å². The zero-order valence-corrected chi connectivity index (χ0v) is 17.7. The van der Waals surface area contributed by atoms with Crippen molar-refractivity contribution in [1.82, 2.24) is 15.0 Å². The monoisotopic (exact) mass is 438 g/mol. The van der Waals surface area contributed by atoms with E-state index in [9.17, 15) is 13.2 Å². The first kappa shape index (κ1) is 21.5. The van der Waals surface area contributed by atoms with E-state index in [2.05, 4.69) is 20.3 Å². The van der Waals surface area contributed by atoms with Crippen LogP contribution in [0.4, 0.5) is 19.0 Å². The van der Waals surface area contributed by atoms with Gasteiger partial charge in [-0.1, -0.05) is 30.3 Å². The van der Waals surface area contributed by atoms with Crippen LogP contribution in [-0.4, -0.2) is 22.1 Å². The lowest BCUT2D eigenvalue weighted by atomic mass is 10.0. The lowest BCUT2D eigenvalue weighted by molar-refractivity contribution is 0.146. The fourth-order valence-electron chi connectivity index (χ4n) is 3.55. The molecule has 1 atom stereocenters. The minimum Gasteiger partial charge on any atom is -0.497 e. The Morgan fingerprint density at radius 2 is 1.72 bits per heavy atom. The maximum Gasteiger partial charge on any atom is 0.266 e. The summed E-state index contributed by atoms with van der Waals surface area (Å²) in [5.74, 6) is 0.714. The summed E-state index contributed by atoms with van der Waals surface area (Å²) in [5.41, 5.74) is 1.70. The van der Waals surface area contributed by atoms with Gasteiger partial charge in [-0.3, -0.25) is 0 Å². The third-order valence-corrected chi connectivity index (χ3v) is 5.18. The number of fused-ring (bicyclic) bond motifs is 1. The second-order valence-electron chi connectivity index (χ2n) is 7.36. The number of nitrogens with one attached hydrogen (secondary N) is 1. The van der Waals surface area contributed by atoms with Gasteiger partial charge in [-0.05, 0) is 37.6 Å². The maximum absolute atomic E-state index is 14.6. The van der Waals surface area contributed by atoms with Crippen LogP contribution in [0.1, 0.15) is 36.3 Å². The number of benzene rings is 2. The Kier molecular flexibility index (Phi) is 5.94. The van der Waals surface area contributed by atoms with Gasteiger partial charge in [0.1, 0.15) is 23.2 Å². The molecule has 0 unspecified atom stereocenters. The SMILES string of the molecule is COc1cccc(-c2cnc3nc(C)nc(N[C@H](C)c4cccc(C(F)F)c4F)c3c2)c1. The first-order valence-corrected chi connectivity index (χ1v) is 9.99. The molecule has 2 heterocycles. The highest BCUT2D eigenvalue weighted by Crippen LogP contribution is 2.32. The van der Waals surface area contributed by atoms with Crippen LogP contribution in [0.2, 0.25) is 0 Å². The van der Waals surface area contributed by atoms with Crippen molar-refractivity contribution in [1.29, 1.82) is 0 Å². The second-order valence-corrected chi connectivity index (χ2v) is 7.36. The first-order chi connectivity index (χ1) is 15.4. The molecule has 8 heteroatoms. The first-order valence-electron chi connectivity index (χ1n) is 9.99. The number of methoxy groups -OCH3 is 1. The summed E-state index contributed by atoms with van der Waals surface area (Å²) in [6.07, 6.45) is -1.18. The van der Waals surface area contributed by atoms with E-state index in [0.29, 0.717) is 28.4 Å². The van der Waals surface area contributed by atoms with Crippen molar-refractivity contribution in [2.45, 2.75) is 26.3 Å². The van der Waals surface area contributed by atoms with Gasteiger partial charge in [0.25, 0.3) is 6.43 Å². The molecule has 2 aromatic carbocycles. The predicted octanol–water partition coefficient (Wildman–Crippen LogP) is 6.26. The van der Waals surface area contributed by atoms with Gasteiger partial charge in [-0.25, -0.2) is 28.1 Å². The van der Waals surface area contributed by atoms with Crippen molar-refractivity contribution in [2.75, 3.05) is 12.4 Å². The molecule has 32 heavy (non-hydrogen) atoms. The molecule has 2 aromatic heterocycles. The van der Waals surface area contributed by atoms with E-state index >= 15 is 0 Å². The third-order valence-electron chi connectivity index (χ3n) is 5.18. The van der Waals surface area contributed by atoms with Crippen LogP contribution in [0.25, 0.3) is 22.2 Å². The number of rotatable bonds is 6. The Labute approximate surface area is 183 Å². The normalized spacial score (nSPS) is 12.2. The Morgan fingerprint density at radius 1 is 0.969 bits per heavy atom. The smallest absolute Gasteiger partial charge is 0.266 e. The van der Waals surface area contributed by atoms with E-state index in [1.54, 1.807) is 27.2 Å². The van der Waals surface area contributed by atoms with E-state index in [-0.39, 0.29) is 5.56 Å². The maximum atomic E-state index is 14.6. The molecule has 0 spiro atoms. The number of anilines is 1. The third kappa shape index (κ3) is 4.21. The van der Waals surface area contributed by atoms with Crippen molar-refractivity contribution >= 4 is 16.9 Å². The molecule has 0 radical (unpaired) electrons. The molecule has 0 amide bonds. The molecule has 0 saturated heterocycles. The summed E-state index contributed by atoms with van der Waals surface area (Å²) in [4.78, 5) is 13.3. The second kappa shape index (κ2) is 8.82. The molecule has 0 fully saturated rings. The Bertz CT molecular complexity index is 1280. The molecule has 0 bridgehead atoms. The van der Waals surface area contributed by atoms with Crippen LogP contribution in [0.3, 0.4) is 0 Å². The minimum absolute atomic E-state index is 0.129. The lowest BCUT2D eigenvalue weighted by Crippen LogP contribution is -2.12. The van der Waals surface area contributed by atoms with Gasteiger partial charge in [0.05, 0.1) is 24.1 Å². The van der Waals surface area contributed by atoms with Crippen LogP contribution in [0, 0.1) is 12.7 Å². The molecule has 4 aromatic rings. The van der Waals surface area contributed by atoms with Crippen molar-refractivity contribution in [3.63, 3.8) is 0 Å². The van der Waals surface area contributed by atoms with Gasteiger partial charge in [-0.15, -0.1) is 0 Å². The van der Waals surface area contributed by atoms with E-state index in [1.165, 1.54) is 12.1 Å². The zero-order chi connectivity index (χ0) is 22.8. The number of aryl methyl sites for hydroxylation is 1. The van der Waals surface area contributed by atoms with E-state index in [1.807, 2.05) is 30.3 Å².